The molecule has 0 aliphatic heterocycles. The first-order chi connectivity index (χ1) is 8.61. The van der Waals surface area contributed by atoms with Crippen LogP contribution in [0.2, 0.25) is 0 Å². The number of amides is 1. The molecule has 0 unspecified atom stereocenters. The number of aliphatic hydroxyl groups excluding tert-OH is 1. The van der Waals surface area contributed by atoms with Crippen molar-refractivity contribution in [3.05, 3.63) is 59.2 Å². The number of hydrogen-bond donors (Lipinski definition) is 2. The molecule has 0 aliphatic carbocycles. The molecule has 3 N–H and O–H groups in total. The van der Waals surface area contributed by atoms with E-state index in [-0.39, 0.29) is 6.61 Å². The van der Waals surface area contributed by atoms with E-state index in [2.05, 4.69) is 0 Å². The van der Waals surface area contributed by atoms with Crippen LogP contribution in [0, 0.1) is 6.92 Å². The Morgan fingerprint density at radius 1 is 1.11 bits per heavy atom. The van der Waals surface area contributed by atoms with Crippen molar-refractivity contribution in [3.63, 3.8) is 0 Å². The number of carbonyl (C=O) groups excluding carboxylic acids is 1. The number of benzene rings is 2. The fourth-order valence-electron chi connectivity index (χ4n) is 1.88. The van der Waals surface area contributed by atoms with E-state index in [0.29, 0.717) is 5.56 Å². The third-order valence-corrected chi connectivity index (χ3v) is 3.02. The molecule has 92 valence electrons. The predicted molar refractivity (Wildman–Crippen MR) is 71.1 cm³/mol. The first-order valence-electron chi connectivity index (χ1n) is 5.72. The molecule has 18 heavy (non-hydrogen) atoms. The molecular weight excluding hydrogens is 226 g/mol. The average molecular weight is 241 g/mol. The zero-order chi connectivity index (χ0) is 13.1. The minimum absolute atomic E-state index is 0.0483. The molecule has 0 bridgehead atoms. The summed E-state index contributed by atoms with van der Waals surface area (Å²) in [5.41, 5.74) is 9.75. The highest BCUT2D eigenvalue weighted by Crippen LogP contribution is 2.22. The van der Waals surface area contributed by atoms with Crippen LogP contribution in [-0.2, 0) is 6.61 Å². The van der Waals surface area contributed by atoms with Crippen LogP contribution in [0.25, 0.3) is 11.1 Å². The Balaban J connectivity index is 2.36. The summed E-state index contributed by atoms with van der Waals surface area (Å²) < 4.78 is 0. The Morgan fingerprint density at radius 3 is 2.22 bits per heavy atom. The molecule has 0 saturated heterocycles. The molecule has 3 nitrogen and oxygen atoms in total. The molecule has 0 fully saturated rings. The summed E-state index contributed by atoms with van der Waals surface area (Å²) >= 11 is 0. The summed E-state index contributed by atoms with van der Waals surface area (Å²) in [5.74, 6) is -0.423. The molecule has 1 amide bonds. The fourth-order valence-corrected chi connectivity index (χ4v) is 1.88. The molecule has 0 saturated carbocycles. The number of carbonyl (C=O) groups is 1. The van der Waals surface area contributed by atoms with Crippen molar-refractivity contribution in [1.29, 1.82) is 0 Å². The van der Waals surface area contributed by atoms with E-state index in [9.17, 15) is 4.79 Å². The van der Waals surface area contributed by atoms with Gasteiger partial charge in [0.25, 0.3) is 0 Å². The first-order valence-corrected chi connectivity index (χ1v) is 5.72. The predicted octanol–water partition coefficient (Wildman–Crippen LogP) is 2.25. The van der Waals surface area contributed by atoms with Gasteiger partial charge >= 0.3 is 0 Å². The lowest BCUT2D eigenvalue weighted by Crippen LogP contribution is -2.10. The highest BCUT2D eigenvalue weighted by molar-refractivity contribution is 5.93. The molecule has 2 aromatic rings. The van der Waals surface area contributed by atoms with Crippen LogP contribution in [0.15, 0.2) is 42.5 Å². The van der Waals surface area contributed by atoms with Crippen molar-refractivity contribution in [2.75, 3.05) is 0 Å². The summed E-state index contributed by atoms with van der Waals surface area (Å²) in [5, 5.41) is 9.13. The van der Waals surface area contributed by atoms with Crippen LogP contribution in [0.4, 0.5) is 0 Å². The van der Waals surface area contributed by atoms with Gasteiger partial charge in [0.15, 0.2) is 0 Å². The largest absolute Gasteiger partial charge is 0.392 e. The van der Waals surface area contributed by atoms with Gasteiger partial charge in [-0.25, -0.2) is 0 Å². The number of hydrogen-bond acceptors (Lipinski definition) is 2. The van der Waals surface area contributed by atoms with E-state index in [4.69, 9.17) is 10.8 Å². The smallest absolute Gasteiger partial charge is 0.248 e. The summed E-state index contributed by atoms with van der Waals surface area (Å²) in [4.78, 5) is 11.0. The molecule has 0 spiro atoms. The van der Waals surface area contributed by atoms with Crippen LogP contribution in [-0.4, -0.2) is 11.0 Å². The Kier molecular flexibility index (Phi) is 3.44. The maximum Gasteiger partial charge on any atom is 0.248 e. The van der Waals surface area contributed by atoms with Gasteiger partial charge in [0, 0.05) is 5.56 Å². The van der Waals surface area contributed by atoms with E-state index >= 15 is 0 Å². The highest BCUT2D eigenvalue weighted by atomic mass is 16.3. The first kappa shape index (κ1) is 12.3. The monoisotopic (exact) mass is 241 g/mol. The van der Waals surface area contributed by atoms with E-state index in [1.165, 1.54) is 0 Å². The second-order valence-electron chi connectivity index (χ2n) is 4.24. The summed E-state index contributed by atoms with van der Waals surface area (Å²) in [7, 11) is 0. The number of nitrogens with two attached hydrogens (primary N) is 1. The quantitative estimate of drug-likeness (QED) is 0.865. The van der Waals surface area contributed by atoms with Crippen molar-refractivity contribution >= 4 is 5.91 Å². The minimum Gasteiger partial charge on any atom is -0.392 e. The standard InChI is InChI=1S/C15H15NO2/c1-10-8-13(6-7-14(10)9-17)11-2-4-12(5-3-11)15(16)18/h2-8,17H,9H2,1H3,(H2,16,18). The topological polar surface area (TPSA) is 63.3 Å². The number of rotatable bonds is 3. The van der Waals surface area contributed by atoms with Crippen LogP contribution < -0.4 is 5.73 Å². The molecule has 2 rings (SSSR count). The maximum atomic E-state index is 11.0. The zero-order valence-electron chi connectivity index (χ0n) is 10.2. The Hall–Kier alpha value is -2.13. The fraction of sp³-hybridized carbons (Fsp3) is 0.133. The van der Waals surface area contributed by atoms with E-state index in [1.807, 2.05) is 37.3 Å². The Morgan fingerprint density at radius 2 is 1.72 bits per heavy atom. The van der Waals surface area contributed by atoms with Crippen molar-refractivity contribution in [3.8, 4) is 11.1 Å². The van der Waals surface area contributed by atoms with Gasteiger partial charge in [-0.15, -0.1) is 0 Å². The number of primary amides is 1. The molecular formula is C15H15NO2. The molecule has 0 aliphatic rings. The van der Waals surface area contributed by atoms with E-state index in [1.54, 1.807) is 12.1 Å². The van der Waals surface area contributed by atoms with Crippen molar-refractivity contribution in [2.24, 2.45) is 5.73 Å². The normalized spacial score (nSPS) is 10.3. The summed E-state index contributed by atoms with van der Waals surface area (Å²) in [6.45, 7) is 2.01. The van der Waals surface area contributed by atoms with Crippen LogP contribution in [0.1, 0.15) is 21.5 Å². The van der Waals surface area contributed by atoms with Crippen molar-refractivity contribution in [2.45, 2.75) is 13.5 Å². The lowest BCUT2D eigenvalue weighted by atomic mass is 9.99. The molecule has 0 radical (unpaired) electrons. The molecule has 0 aromatic heterocycles. The highest BCUT2D eigenvalue weighted by Gasteiger charge is 2.03. The summed E-state index contributed by atoms with van der Waals surface area (Å²) in [6, 6.07) is 13.1. The van der Waals surface area contributed by atoms with Gasteiger partial charge in [-0.2, -0.15) is 0 Å². The maximum absolute atomic E-state index is 11.0. The van der Waals surface area contributed by atoms with Gasteiger partial charge < -0.3 is 10.8 Å². The third-order valence-electron chi connectivity index (χ3n) is 3.02. The van der Waals surface area contributed by atoms with Gasteiger partial charge in [0.05, 0.1) is 6.61 Å². The molecule has 0 atom stereocenters. The second-order valence-corrected chi connectivity index (χ2v) is 4.24. The van der Waals surface area contributed by atoms with Crippen molar-refractivity contribution in [1.82, 2.24) is 0 Å². The van der Waals surface area contributed by atoms with Crippen LogP contribution >= 0.6 is 0 Å². The molecule has 2 aromatic carbocycles. The molecule has 3 heteroatoms. The van der Waals surface area contributed by atoms with Crippen LogP contribution in [0.5, 0.6) is 0 Å². The lowest BCUT2D eigenvalue weighted by Gasteiger charge is -2.07. The number of aryl methyl sites for hydroxylation is 1. The third kappa shape index (κ3) is 2.41. The lowest BCUT2D eigenvalue weighted by molar-refractivity contribution is 0.100. The molecule has 0 heterocycles. The SMILES string of the molecule is Cc1cc(-c2ccc(C(N)=O)cc2)ccc1CO. The Labute approximate surface area is 106 Å². The Bertz CT molecular complexity index is 574. The second kappa shape index (κ2) is 5.02. The van der Waals surface area contributed by atoms with Gasteiger partial charge in [0.2, 0.25) is 5.91 Å². The van der Waals surface area contributed by atoms with Gasteiger partial charge in [-0.1, -0.05) is 30.3 Å². The summed E-state index contributed by atoms with van der Waals surface area (Å²) in [6.07, 6.45) is 0. The van der Waals surface area contributed by atoms with Crippen molar-refractivity contribution < 1.29 is 9.90 Å². The minimum atomic E-state index is -0.423. The van der Waals surface area contributed by atoms with Gasteiger partial charge in [0.1, 0.15) is 0 Å². The van der Waals surface area contributed by atoms with Gasteiger partial charge in [-0.05, 0) is 41.3 Å². The zero-order valence-corrected chi connectivity index (χ0v) is 10.2. The average Bonchev–Trinajstić information content (AvgIpc) is 2.38. The van der Waals surface area contributed by atoms with Crippen LogP contribution in [0.3, 0.4) is 0 Å². The van der Waals surface area contributed by atoms with Gasteiger partial charge in [-0.3, -0.25) is 4.79 Å². The number of aliphatic hydroxyl groups is 1. The van der Waals surface area contributed by atoms with E-state index in [0.717, 1.165) is 22.3 Å². The van der Waals surface area contributed by atoms with E-state index < -0.39 is 5.91 Å².